The first kappa shape index (κ1) is 22.6. The summed E-state index contributed by atoms with van der Waals surface area (Å²) >= 11 is 0. The summed E-state index contributed by atoms with van der Waals surface area (Å²) in [6.45, 7) is 1.31. The molecule has 150 valence electrons. The Labute approximate surface area is 157 Å². The minimum absolute atomic E-state index is 0.456. The van der Waals surface area contributed by atoms with Crippen molar-refractivity contribution in [1.82, 2.24) is 10.2 Å². The number of hydrogen-bond donors (Lipinski definition) is 1. The number of ether oxygens (including phenoxy) is 1. The molecule has 1 rings (SSSR count). The number of carbonyl (C=O) groups excluding carboxylic acids is 2. The van der Waals surface area contributed by atoms with Crippen molar-refractivity contribution in [2.24, 2.45) is 4.99 Å². The number of alkyl halides is 3. The van der Waals surface area contributed by atoms with Gasteiger partial charge in [-0.3, -0.25) is 13.8 Å². The lowest BCUT2D eigenvalue weighted by molar-refractivity contribution is -0.139. The second-order valence-corrected chi connectivity index (χ2v) is 7.14. The van der Waals surface area contributed by atoms with E-state index < -0.39 is 57.6 Å². The minimum Gasteiger partial charge on any atom is -0.480 e. The molecule has 1 aromatic rings. The molecular weight excluding hydrogens is 387 g/mol. The van der Waals surface area contributed by atoms with Gasteiger partial charge in [-0.05, 0) is 19.1 Å². The molecule has 2 atom stereocenters. The van der Waals surface area contributed by atoms with Crippen LogP contribution in [0.5, 0.6) is 5.75 Å². The average molecular weight is 407 g/mol. The van der Waals surface area contributed by atoms with Gasteiger partial charge >= 0.3 is 6.18 Å². The zero-order valence-electron chi connectivity index (χ0n) is 15.2. The van der Waals surface area contributed by atoms with Gasteiger partial charge < -0.3 is 15.0 Å². The van der Waals surface area contributed by atoms with Crippen LogP contribution in [0.3, 0.4) is 0 Å². The molecule has 1 aromatic carbocycles. The SMILES string of the molecule is CC(NC(=O)c1cccc(OCS(C)=O)c1C(F)(F)F)C(=O)N=CN(C)C. The highest BCUT2D eigenvalue weighted by molar-refractivity contribution is 7.84. The Bertz CT molecular complexity index is 751. The van der Waals surface area contributed by atoms with Gasteiger partial charge in [0.2, 0.25) is 0 Å². The Morgan fingerprint density at radius 3 is 2.52 bits per heavy atom. The molecule has 1 N–H and O–H groups in total. The fourth-order valence-corrected chi connectivity index (χ4v) is 2.19. The van der Waals surface area contributed by atoms with Crippen molar-refractivity contribution in [2.45, 2.75) is 19.1 Å². The maximum Gasteiger partial charge on any atom is 0.420 e. The van der Waals surface area contributed by atoms with Crippen LogP contribution in [-0.2, 0) is 21.8 Å². The molecule has 0 spiro atoms. The Kier molecular flexibility index (Phi) is 7.95. The van der Waals surface area contributed by atoms with Crippen LogP contribution in [-0.4, -0.2) is 59.6 Å². The van der Waals surface area contributed by atoms with Crippen molar-refractivity contribution >= 4 is 29.0 Å². The van der Waals surface area contributed by atoms with Gasteiger partial charge in [-0.2, -0.15) is 13.2 Å². The number of rotatable bonds is 7. The molecule has 0 bridgehead atoms. The lowest BCUT2D eigenvalue weighted by Gasteiger charge is -2.18. The minimum atomic E-state index is -4.89. The number of carbonyl (C=O) groups is 2. The zero-order chi connectivity index (χ0) is 20.8. The van der Waals surface area contributed by atoms with Gasteiger partial charge in [0, 0.05) is 20.4 Å². The number of aliphatic imine (C=N–C) groups is 1. The number of hydrogen-bond acceptors (Lipinski definition) is 4. The van der Waals surface area contributed by atoms with E-state index >= 15 is 0 Å². The first-order chi connectivity index (χ1) is 12.4. The van der Waals surface area contributed by atoms with Gasteiger partial charge in [-0.15, -0.1) is 0 Å². The molecule has 0 aliphatic rings. The van der Waals surface area contributed by atoms with Gasteiger partial charge in [-0.25, -0.2) is 4.99 Å². The third kappa shape index (κ3) is 7.00. The Hall–Kier alpha value is -2.43. The van der Waals surface area contributed by atoms with Gasteiger partial charge in [0.15, 0.2) is 5.94 Å². The third-order valence-corrected chi connectivity index (χ3v) is 3.52. The maximum atomic E-state index is 13.5. The van der Waals surface area contributed by atoms with Crippen LogP contribution in [0.2, 0.25) is 0 Å². The van der Waals surface area contributed by atoms with E-state index in [-0.39, 0.29) is 0 Å². The summed E-state index contributed by atoms with van der Waals surface area (Å²) in [4.78, 5) is 29.2. The highest BCUT2D eigenvalue weighted by Gasteiger charge is 2.39. The third-order valence-electron chi connectivity index (χ3n) is 3.07. The highest BCUT2D eigenvalue weighted by Crippen LogP contribution is 2.38. The normalized spacial score (nSPS) is 13.9. The molecule has 0 aliphatic carbocycles. The van der Waals surface area contributed by atoms with E-state index in [1.165, 1.54) is 30.5 Å². The molecule has 2 unspecified atom stereocenters. The van der Waals surface area contributed by atoms with Crippen LogP contribution in [0.4, 0.5) is 13.2 Å². The van der Waals surface area contributed by atoms with Gasteiger partial charge in [0.1, 0.15) is 17.4 Å². The van der Waals surface area contributed by atoms with E-state index in [0.717, 1.165) is 12.1 Å². The predicted octanol–water partition coefficient (Wildman–Crippen LogP) is 1.66. The topological polar surface area (TPSA) is 88.1 Å². The van der Waals surface area contributed by atoms with Crippen molar-refractivity contribution in [3.63, 3.8) is 0 Å². The number of nitrogens with one attached hydrogen (secondary N) is 1. The van der Waals surface area contributed by atoms with Crippen LogP contribution < -0.4 is 10.1 Å². The molecule has 0 fully saturated rings. The largest absolute Gasteiger partial charge is 0.480 e. The molecule has 2 amide bonds. The second-order valence-electron chi connectivity index (χ2n) is 5.75. The van der Waals surface area contributed by atoms with E-state index in [0.29, 0.717) is 0 Å². The second kappa shape index (κ2) is 9.49. The van der Waals surface area contributed by atoms with Crippen molar-refractivity contribution in [1.29, 1.82) is 0 Å². The lowest BCUT2D eigenvalue weighted by Crippen LogP contribution is -2.39. The summed E-state index contributed by atoms with van der Waals surface area (Å²) in [5.74, 6) is -2.90. The first-order valence-electron chi connectivity index (χ1n) is 7.61. The van der Waals surface area contributed by atoms with E-state index in [1.807, 2.05) is 0 Å². The van der Waals surface area contributed by atoms with E-state index in [1.54, 1.807) is 14.1 Å². The fourth-order valence-electron chi connectivity index (χ4n) is 1.90. The van der Waals surface area contributed by atoms with Crippen LogP contribution in [0.25, 0.3) is 0 Å². The van der Waals surface area contributed by atoms with Crippen LogP contribution in [0, 0.1) is 0 Å². The maximum absolute atomic E-state index is 13.5. The Balaban J connectivity index is 3.13. The smallest absolute Gasteiger partial charge is 0.420 e. The summed E-state index contributed by atoms with van der Waals surface area (Å²) in [6.07, 6.45) is -2.41. The number of halogens is 3. The van der Waals surface area contributed by atoms with Crippen molar-refractivity contribution in [3.05, 3.63) is 29.3 Å². The molecule has 0 saturated carbocycles. The van der Waals surface area contributed by atoms with Gasteiger partial charge in [-0.1, -0.05) is 6.07 Å². The molecule has 0 aliphatic heterocycles. The molecule has 7 nitrogen and oxygen atoms in total. The number of amides is 2. The van der Waals surface area contributed by atoms with Crippen molar-refractivity contribution in [2.75, 3.05) is 26.3 Å². The quantitative estimate of drug-likeness (QED) is 0.549. The lowest BCUT2D eigenvalue weighted by atomic mass is 10.0. The van der Waals surface area contributed by atoms with Crippen LogP contribution in [0.15, 0.2) is 23.2 Å². The summed E-state index contributed by atoms with van der Waals surface area (Å²) in [5.41, 5.74) is -2.01. The van der Waals surface area contributed by atoms with Gasteiger partial charge in [0.05, 0.1) is 22.7 Å². The molecule has 0 heterocycles. The molecule has 0 aromatic heterocycles. The Morgan fingerprint density at radius 2 is 2.00 bits per heavy atom. The molecule has 27 heavy (non-hydrogen) atoms. The fraction of sp³-hybridized carbons (Fsp3) is 0.438. The summed E-state index contributed by atoms with van der Waals surface area (Å²) in [6, 6.07) is 2.06. The monoisotopic (exact) mass is 407 g/mol. The summed E-state index contributed by atoms with van der Waals surface area (Å²) in [5, 5.41) is 2.19. The van der Waals surface area contributed by atoms with Crippen LogP contribution >= 0.6 is 0 Å². The van der Waals surface area contributed by atoms with E-state index in [9.17, 15) is 27.0 Å². The predicted molar refractivity (Wildman–Crippen MR) is 95.1 cm³/mol. The summed E-state index contributed by atoms with van der Waals surface area (Å²) < 4.78 is 56.4. The van der Waals surface area contributed by atoms with Gasteiger partial charge in [0.25, 0.3) is 11.8 Å². The first-order valence-corrected chi connectivity index (χ1v) is 9.34. The number of nitrogens with zero attached hydrogens (tertiary/aromatic N) is 2. The molecule has 11 heteroatoms. The van der Waals surface area contributed by atoms with Crippen LogP contribution in [0.1, 0.15) is 22.8 Å². The average Bonchev–Trinajstić information content (AvgIpc) is 2.56. The number of benzene rings is 1. The Morgan fingerprint density at radius 1 is 1.37 bits per heavy atom. The molecule has 0 saturated heterocycles. The van der Waals surface area contributed by atoms with E-state index in [2.05, 4.69) is 10.3 Å². The van der Waals surface area contributed by atoms with E-state index in [4.69, 9.17) is 4.74 Å². The summed E-state index contributed by atoms with van der Waals surface area (Å²) in [7, 11) is 1.76. The standard InChI is InChI=1S/C16H20F3N3O4S/c1-10(14(23)20-8-22(2)3)21-15(24)11-6-5-7-12(26-9-27(4)25)13(11)16(17,18)19/h5-8,10H,9H2,1-4H3,(H,21,24). The molecular formula is C16H20F3N3O4S. The highest BCUT2D eigenvalue weighted by atomic mass is 32.2. The zero-order valence-corrected chi connectivity index (χ0v) is 16.0. The van der Waals surface area contributed by atoms with Crippen molar-refractivity contribution in [3.8, 4) is 5.75 Å². The van der Waals surface area contributed by atoms with Crippen molar-refractivity contribution < 1.29 is 31.7 Å². The molecule has 0 radical (unpaired) electrons.